The Morgan fingerprint density at radius 3 is 3.00 bits per heavy atom. The Kier molecular flexibility index (Phi) is 4.08. The molecule has 1 aromatic carbocycles. The zero-order valence-electron chi connectivity index (χ0n) is 11.8. The van der Waals surface area contributed by atoms with Crippen LogP contribution in [-0.2, 0) is 18.8 Å². The van der Waals surface area contributed by atoms with Gasteiger partial charge in [0.05, 0.1) is 5.75 Å². The highest BCUT2D eigenvalue weighted by atomic mass is 32.2. The highest BCUT2D eigenvalue weighted by Crippen LogP contribution is 2.24. The van der Waals surface area contributed by atoms with Crippen molar-refractivity contribution in [3.8, 4) is 11.5 Å². The Bertz CT molecular complexity index is 595. The molecule has 2 heterocycles. The molecule has 0 saturated heterocycles. The molecule has 0 amide bonds. The van der Waals surface area contributed by atoms with Gasteiger partial charge in [-0.1, -0.05) is 25.1 Å². The maximum atomic E-state index is 5.37. The minimum Gasteiger partial charge on any atom is -0.334 e. The topological polar surface area (TPSA) is 51.0 Å². The Hall–Kier alpha value is -1.33. The fourth-order valence-electron chi connectivity index (χ4n) is 2.24. The van der Waals surface area contributed by atoms with E-state index in [9.17, 15) is 0 Å². The third kappa shape index (κ3) is 3.04. The molecule has 0 fully saturated rings. The number of thioether (sulfide) groups is 1. The van der Waals surface area contributed by atoms with E-state index in [1.165, 1.54) is 11.1 Å². The molecule has 3 rings (SSSR count). The monoisotopic (exact) mass is 289 g/mol. The lowest BCUT2D eigenvalue weighted by Crippen LogP contribution is -1.99. The van der Waals surface area contributed by atoms with Gasteiger partial charge in [-0.25, -0.2) is 0 Å². The van der Waals surface area contributed by atoms with Crippen molar-refractivity contribution in [1.82, 2.24) is 15.5 Å². The minimum atomic E-state index is 0.625. The number of hydrogen-bond acceptors (Lipinski definition) is 5. The van der Waals surface area contributed by atoms with Gasteiger partial charge in [-0.15, -0.1) is 0 Å². The molecule has 0 unspecified atom stereocenters. The van der Waals surface area contributed by atoms with Crippen LogP contribution in [0.1, 0.15) is 30.8 Å². The van der Waals surface area contributed by atoms with Gasteiger partial charge in [0.15, 0.2) is 5.82 Å². The zero-order chi connectivity index (χ0) is 13.9. The molecule has 0 atom stereocenters. The first kappa shape index (κ1) is 13.6. The van der Waals surface area contributed by atoms with Crippen LogP contribution >= 0.6 is 11.8 Å². The molecule has 0 radical (unpaired) electrons. The third-order valence-electron chi connectivity index (χ3n) is 3.23. The van der Waals surface area contributed by atoms with E-state index in [0.717, 1.165) is 36.0 Å². The van der Waals surface area contributed by atoms with Crippen molar-refractivity contribution < 1.29 is 4.52 Å². The summed E-state index contributed by atoms with van der Waals surface area (Å²) in [6.45, 7) is 6.31. The van der Waals surface area contributed by atoms with E-state index < -0.39 is 0 Å². The van der Waals surface area contributed by atoms with Gasteiger partial charge in [-0.05, 0) is 34.9 Å². The van der Waals surface area contributed by atoms with Crippen molar-refractivity contribution in [3.05, 3.63) is 35.2 Å². The molecular formula is C15H19N3OS. The molecule has 5 heteroatoms. The van der Waals surface area contributed by atoms with E-state index in [2.05, 4.69) is 47.5 Å². The lowest BCUT2D eigenvalue weighted by molar-refractivity contribution is 0.425. The third-order valence-corrected chi connectivity index (χ3v) is 4.60. The van der Waals surface area contributed by atoms with Crippen LogP contribution in [0.2, 0.25) is 0 Å². The summed E-state index contributed by atoms with van der Waals surface area (Å²) in [6.07, 6.45) is 0. The van der Waals surface area contributed by atoms with Crippen molar-refractivity contribution in [1.29, 1.82) is 0 Å². The molecule has 0 bridgehead atoms. The first-order chi connectivity index (χ1) is 9.72. The summed E-state index contributed by atoms with van der Waals surface area (Å²) in [5.41, 5.74) is 3.71. The Morgan fingerprint density at radius 2 is 2.15 bits per heavy atom. The van der Waals surface area contributed by atoms with Gasteiger partial charge in [-0.2, -0.15) is 16.7 Å². The van der Waals surface area contributed by atoms with Crippen LogP contribution in [-0.4, -0.2) is 15.9 Å². The minimum absolute atomic E-state index is 0.625. The van der Waals surface area contributed by atoms with E-state index in [1.807, 2.05) is 11.8 Å². The van der Waals surface area contributed by atoms with Gasteiger partial charge in [-0.3, -0.25) is 0 Å². The van der Waals surface area contributed by atoms with Crippen LogP contribution in [0, 0.1) is 5.92 Å². The van der Waals surface area contributed by atoms with Crippen molar-refractivity contribution in [2.45, 2.75) is 32.7 Å². The molecule has 2 aromatic rings. The standard InChI is InChI=1S/C15H19N3OS/c1-10(2)8-20-9-14-17-15(19-18-14)11-3-4-12-6-16-7-13(12)5-11/h3-5,10,16H,6-9H2,1-2H3. The quantitative estimate of drug-likeness (QED) is 0.916. The number of hydrogen-bond donors (Lipinski definition) is 1. The lowest BCUT2D eigenvalue weighted by atomic mass is 10.1. The fraction of sp³-hybridized carbons (Fsp3) is 0.467. The maximum absolute atomic E-state index is 5.37. The van der Waals surface area contributed by atoms with Crippen LogP contribution in [0.5, 0.6) is 0 Å². The number of nitrogens with one attached hydrogen (secondary N) is 1. The molecular weight excluding hydrogens is 270 g/mol. The lowest BCUT2D eigenvalue weighted by Gasteiger charge is -2.00. The van der Waals surface area contributed by atoms with Gasteiger partial charge < -0.3 is 9.84 Å². The highest BCUT2D eigenvalue weighted by molar-refractivity contribution is 7.98. The summed E-state index contributed by atoms with van der Waals surface area (Å²) in [7, 11) is 0. The zero-order valence-corrected chi connectivity index (χ0v) is 12.7. The van der Waals surface area contributed by atoms with Gasteiger partial charge in [0.1, 0.15) is 0 Å². The molecule has 4 nitrogen and oxygen atoms in total. The summed E-state index contributed by atoms with van der Waals surface area (Å²) in [5, 5.41) is 7.40. The van der Waals surface area contributed by atoms with Gasteiger partial charge in [0.2, 0.25) is 0 Å². The second-order valence-electron chi connectivity index (χ2n) is 5.51. The van der Waals surface area contributed by atoms with Crippen molar-refractivity contribution in [3.63, 3.8) is 0 Å². The number of fused-ring (bicyclic) bond motifs is 1. The number of benzene rings is 1. The van der Waals surface area contributed by atoms with Crippen molar-refractivity contribution in [2.24, 2.45) is 5.92 Å². The fourth-order valence-corrected chi connectivity index (χ4v) is 3.13. The van der Waals surface area contributed by atoms with Gasteiger partial charge in [0, 0.05) is 18.7 Å². The molecule has 1 aliphatic rings. The largest absolute Gasteiger partial charge is 0.334 e. The number of rotatable bonds is 5. The Morgan fingerprint density at radius 1 is 1.30 bits per heavy atom. The molecule has 106 valence electrons. The predicted molar refractivity (Wildman–Crippen MR) is 81.3 cm³/mol. The highest BCUT2D eigenvalue weighted by Gasteiger charge is 2.14. The maximum Gasteiger partial charge on any atom is 0.257 e. The molecule has 1 aliphatic heterocycles. The average molecular weight is 289 g/mol. The molecule has 20 heavy (non-hydrogen) atoms. The first-order valence-electron chi connectivity index (χ1n) is 6.95. The van der Waals surface area contributed by atoms with E-state index >= 15 is 0 Å². The van der Waals surface area contributed by atoms with Crippen LogP contribution < -0.4 is 5.32 Å². The Balaban J connectivity index is 1.70. The second-order valence-corrected chi connectivity index (χ2v) is 6.54. The molecule has 0 spiro atoms. The van der Waals surface area contributed by atoms with E-state index in [-0.39, 0.29) is 0 Å². The van der Waals surface area contributed by atoms with E-state index in [4.69, 9.17) is 4.52 Å². The van der Waals surface area contributed by atoms with Crippen LogP contribution in [0.25, 0.3) is 11.5 Å². The molecule has 0 saturated carbocycles. The second kappa shape index (κ2) is 5.97. The molecule has 0 aliphatic carbocycles. The summed E-state index contributed by atoms with van der Waals surface area (Å²) in [5.74, 6) is 4.03. The van der Waals surface area contributed by atoms with Gasteiger partial charge in [0.25, 0.3) is 5.89 Å². The number of aromatic nitrogens is 2. The van der Waals surface area contributed by atoms with Crippen LogP contribution in [0.15, 0.2) is 22.7 Å². The summed E-state index contributed by atoms with van der Waals surface area (Å²) >= 11 is 1.85. The van der Waals surface area contributed by atoms with Crippen LogP contribution in [0.4, 0.5) is 0 Å². The number of nitrogens with zero attached hydrogens (tertiary/aromatic N) is 2. The normalized spacial score (nSPS) is 13.9. The smallest absolute Gasteiger partial charge is 0.257 e. The SMILES string of the molecule is CC(C)CSCc1noc(-c2ccc3c(c2)CNC3)n1. The summed E-state index contributed by atoms with van der Waals surface area (Å²) < 4.78 is 5.37. The van der Waals surface area contributed by atoms with E-state index in [0.29, 0.717) is 11.8 Å². The van der Waals surface area contributed by atoms with Crippen molar-refractivity contribution >= 4 is 11.8 Å². The molecule has 1 N–H and O–H groups in total. The van der Waals surface area contributed by atoms with Crippen molar-refractivity contribution in [2.75, 3.05) is 5.75 Å². The van der Waals surface area contributed by atoms with E-state index in [1.54, 1.807) is 0 Å². The first-order valence-corrected chi connectivity index (χ1v) is 8.11. The summed E-state index contributed by atoms with van der Waals surface area (Å²) in [4.78, 5) is 4.48. The van der Waals surface area contributed by atoms with Gasteiger partial charge >= 0.3 is 0 Å². The Labute approximate surface area is 123 Å². The summed E-state index contributed by atoms with van der Waals surface area (Å²) in [6, 6.07) is 6.35. The average Bonchev–Trinajstić information content (AvgIpc) is 3.05. The molecule has 1 aromatic heterocycles. The predicted octanol–water partition coefficient (Wildman–Crippen LogP) is 3.23. The van der Waals surface area contributed by atoms with Crippen LogP contribution in [0.3, 0.4) is 0 Å².